The molecule has 5 heteroatoms. The molecule has 0 unspecified atom stereocenters. The summed E-state index contributed by atoms with van der Waals surface area (Å²) in [4.78, 5) is 2.06. The maximum atomic E-state index is 6.22. The Morgan fingerprint density at radius 3 is 1.83 bits per heavy atom. The van der Waals surface area contributed by atoms with E-state index in [9.17, 15) is 0 Å². The molecule has 0 aromatic heterocycles. The van der Waals surface area contributed by atoms with Gasteiger partial charge in [0.15, 0.2) is 0 Å². The second kappa shape index (κ2) is 13.1. The van der Waals surface area contributed by atoms with Crippen LogP contribution in [0.15, 0.2) is 65.7 Å². The van der Waals surface area contributed by atoms with E-state index in [2.05, 4.69) is 99.3 Å². The van der Waals surface area contributed by atoms with Crippen LogP contribution in [0.5, 0.6) is 0 Å². The summed E-state index contributed by atoms with van der Waals surface area (Å²) in [5.41, 5.74) is 0. The van der Waals surface area contributed by atoms with Gasteiger partial charge in [0, 0.05) is 6.54 Å². The monoisotopic (exact) mass is 471 g/mol. The van der Waals surface area contributed by atoms with Crippen LogP contribution in [0.2, 0.25) is 0 Å². The molecule has 132 valence electrons. The van der Waals surface area contributed by atoms with Crippen molar-refractivity contribution in [2.45, 2.75) is 6.42 Å². The van der Waals surface area contributed by atoms with Crippen LogP contribution in [-0.4, -0.2) is 31.7 Å². The van der Waals surface area contributed by atoms with Crippen LogP contribution in [0.4, 0.5) is 0 Å². The van der Waals surface area contributed by atoms with Crippen LogP contribution in [0.1, 0.15) is 6.42 Å². The van der Waals surface area contributed by atoms with Gasteiger partial charge in [-0.1, -0.05) is 66.8 Å². The van der Waals surface area contributed by atoms with Crippen LogP contribution < -0.4 is 10.6 Å². The molecule has 0 aliphatic heterocycles. The van der Waals surface area contributed by atoms with Crippen molar-refractivity contribution in [1.82, 2.24) is 4.90 Å². The predicted molar refractivity (Wildman–Crippen MR) is 106 cm³/mol. The number of hydrogen-bond donors (Lipinski definition) is 0. The van der Waals surface area contributed by atoms with E-state index in [1.54, 1.807) is 0 Å². The molecule has 0 saturated heterocycles. The Labute approximate surface area is 167 Å². The Morgan fingerprint density at radius 1 is 0.958 bits per heavy atom. The van der Waals surface area contributed by atoms with Crippen molar-refractivity contribution in [3.05, 3.63) is 71.8 Å². The second-order valence-electron chi connectivity index (χ2n) is 5.39. The molecule has 0 N–H and O–H groups in total. The fourth-order valence-electron chi connectivity index (χ4n) is 2.26. The fraction of sp³-hybridized carbons (Fsp3) is 0.263. The molecule has 2 rings (SSSR count). The van der Waals surface area contributed by atoms with Gasteiger partial charge in [-0.15, -0.1) is 11.6 Å². The SMILES string of the molecule is CN(C)CC(Cl)=[C-]CCP(c1ccccc1)c1ccccc1.[Cl][Pd+]. The Morgan fingerprint density at radius 2 is 1.42 bits per heavy atom. The first kappa shape index (κ1) is 21.9. The predicted octanol–water partition coefficient (Wildman–Crippen LogP) is 4.68. The van der Waals surface area contributed by atoms with Crippen molar-refractivity contribution in [3.8, 4) is 0 Å². The summed E-state index contributed by atoms with van der Waals surface area (Å²) in [5, 5.41) is 3.63. The molecule has 2 aromatic carbocycles. The van der Waals surface area contributed by atoms with Crippen molar-refractivity contribution in [3.63, 3.8) is 0 Å². The van der Waals surface area contributed by atoms with Crippen molar-refractivity contribution < 1.29 is 18.2 Å². The molecular weight excluding hydrogens is 451 g/mol. The molecule has 1 nitrogen and oxygen atoms in total. The molecule has 0 atom stereocenters. The van der Waals surface area contributed by atoms with E-state index < -0.39 is 0 Å². The maximum absolute atomic E-state index is 6.22. The second-order valence-corrected chi connectivity index (χ2v) is 8.18. The summed E-state index contributed by atoms with van der Waals surface area (Å²) in [5.74, 6) is 0. The number of rotatable bonds is 7. The van der Waals surface area contributed by atoms with E-state index in [1.165, 1.54) is 10.6 Å². The van der Waals surface area contributed by atoms with Crippen LogP contribution in [-0.2, 0) is 18.2 Å². The number of nitrogens with zero attached hydrogens (tertiary/aromatic N) is 1. The molecular formula is C19H22Cl2NPPd. The van der Waals surface area contributed by atoms with Crippen LogP contribution in [0.25, 0.3) is 0 Å². The number of hydrogen-bond acceptors (Lipinski definition) is 1. The van der Waals surface area contributed by atoms with Gasteiger partial charge in [0.2, 0.25) is 0 Å². The van der Waals surface area contributed by atoms with Crippen molar-refractivity contribution in [2.75, 3.05) is 26.8 Å². The van der Waals surface area contributed by atoms with Crippen LogP contribution >= 0.6 is 29.1 Å². The van der Waals surface area contributed by atoms with Crippen molar-refractivity contribution in [2.24, 2.45) is 0 Å². The first-order valence-corrected chi connectivity index (χ1v) is 11.5. The Hall–Kier alpha value is -0.188. The van der Waals surface area contributed by atoms with E-state index in [0.29, 0.717) is 0 Å². The molecule has 0 aliphatic rings. The van der Waals surface area contributed by atoms with Gasteiger partial charge in [-0.3, -0.25) is 0 Å². The Balaban J connectivity index is 0.00000139. The molecule has 0 saturated carbocycles. The summed E-state index contributed by atoms with van der Waals surface area (Å²) in [7, 11) is 8.18. The van der Waals surface area contributed by atoms with E-state index in [1.807, 2.05) is 14.1 Å². The molecule has 0 heterocycles. The average Bonchev–Trinajstić information content (AvgIpc) is 2.61. The van der Waals surface area contributed by atoms with E-state index >= 15 is 0 Å². The van der Waals surface area contributed by atoms with Crippen molar-refractivity contribution >= 4 is 39.7 Å². The molecule has 0 amide bonds. The quantitative estimate of drug-likeness (QED) is 0.321. The molecule has 0 bridgehead atoms. The number of allylic oxidation sites excluding steroid dienone is 1. The third kappa shape index (κ3) is 8.26. The van der Waals surface area contributed by atoms with Gasteiger partial charge in [-0.25, -0.2) is 0 Å². The summed E-state index contributed by atoms with van der Waals surface area (Å²) in [6.45, 7) is 0.760. The Bertz CT molecular complexity index is 551. The molecule has 2 aromatic rings. The standard InChI is InChI=1S/C19H22ClNP.ClH.Pd/c1-21(2)16-17(20)10-9-15-22(18-11-5-3-6-12-18)19-13-7-4-8-14-19;;/h3-8,11-14H,9,15-16H2,1-2H3;1H;/q-1;;+2/p-1. The summed E-state index contributed by atoms with van der Waals surface area (Å²) < 4.78 is 0. The third-order valence-corrected chi connectivity index (χ3v) is 6.01. The fourth-order valence-corrected chi connectivity index (χ4v) is 4.81. The summed E-state index contributed by atoms with van der Waals surface area (Å²) >= 11 is 8.44. The number of benzene rings is 2. The topological polar surface area (TPSA) is 3.24 Å². The summed E-state index contributed by atoms with van der Waals surface area (Å²) in [6, 6.07) is 21.5. The zero-order chi connectivity index (χ0) is 17.8. The van der Waals surface area contributed by atoms with Gasteiger partial charge >= 0.3 is 27.7 Å². The number of likely N-dealkylation sites (N-methyl/N-ethyl adjacent to an activating group) is 1. The third-order valence-electron chi connectivity index (χ3n) is 3.24. The van der Waals surface area contributed by atoms with Gasteiger partial charge in [-0.2, -0.15) is 11.5 Å². The Kier molecular flexibility index (Phi) is 11.9. The zero-order valence-corrected chi connectivity index (χ0v) is 17.8. The molecule has 0 radical (unpaired) electrons. The van der Waals surface area contributed by atoms with Gasteiger partial charge in [-0.05, 0) is 32.6 Å². The van der Waals surface area contributed by atoms with Gasteiger partial charge in [0.05, 0.1) is 0 Å². The van der Waals surface area contributed by atoms with Gasteiger partial charge in [0.1, 0.15) is 0 Å². The first-order valence-electron chi connectivity index (χ1n) is 7.56. The number of halogens is 2. The van der Waals surface area contributed by atoms with E-state index in [-0.39, 0.29) is 7.92 Å². The normalized spacial score (nSPS) is 11.4. The van der Waals surface area contributed by atoms with Crippen molar-refractivity contribution in [1.29, 1.82) is 0 Å². The summed E-state index contributed by atoms with van der Waals surface area (Å²) in [6.07, 6.45) is 5.31. The van der Waals surface area contributed by atoms with Crippen LogP contribution in [0, 0.1) is 6.08 Å². The molecule has 24 heavy (non-hydrogen) atoms. The molecule has 0 spiro atoms. The zero-order valence-electron chi connectivity index (χ0n) is 13.9. The average molecular weight is 473 g/mol. The van der Waals surface area contributed by atoms with E-state index in [4.69, 9.17) is 11.6 Å². The molecule has 0 aliphatic carbocycles. The van der Waals surface area contributed by atoms with E-state index in [0.717, 1.165) is 24.2 Å². The van der Waals surface area contributed by atoms with Gasteiger partial charge < -0.3 is 11.0 Å². The van der Waals surface area contributed by atoms with Crippen LogP contribution in [0.3, 0.4) is 0 Å². The molecule has 0 fully saturated rings. The first-order chi connectivity index (χ1) is 11.7. The minimum atomic E-state index is -0.350. The minimum absolute atomic E-state index is 0.350. The van der Waals surface area contributed by atoms with Gasteiger partial charge in [0.25, 0.3) is 0 Å².